The van der Waals surface area contributed by atoms with Gasteiger partial charge in [-0.05, 0) is 23.6 Å². The largest absolute Gasteiger partial charge is 0.326 e. The van der Waals surface area contributed by atoms with Crippen LogP contribution in [0.5, 0.6) is 0 Å². The number of benzene rings is 1. The summed E-state index contributed by atoms with van der Waals surface area (Å²) in [5.41, 5.74) is 7.89. The molecule has 0 atom stereocenters. The third kappa shape index (κ3) is 2.40. The molecule has 0 amide bonds. The predicted molar refractivity (Wildman–Crippen MR) is 80.0 cm³/mol. The first-order valence-electron chi connectivity index (χ1n) is 6.45. The van der Waals surface area contributed by atoms with Crippen molar-refractivity contribution in [1.29, 1.82) is 0 Å². The van der Waals surface area contributed by atoms with E-state index < -0.39 is 10.0 Å². The normalized spacial score (nSPS) is 16.1. The van der Waals surface area contributed by atoms with Gasteiger partial charge in [0.25, 0.3) is 0 Å². The number of hydrogen-bond donors (Lipinski definition) is 1. The monoisotopic (exact) mass is 308 g/mol. The van der Waals surface area contributed by atoms with E-state index in [9.17, 15) is 8.42 Å². The van der Waals surface area contributed by atoms with Gasteiger partial charge in [0.15, 0.2) is 0 Å². The van der Waals surface area contributed by atoms with E-state index in [1.54, 1.807) is 15.8 Å². The Balaban J connectivity index is 1.90. The van der Waals surface area contributed by atoms with Crippen LogP contribution in [0.4, 0.5) is 0 Å². The molecular formula is C14H16N2O2S2. The molecule has 0 spiro atoms. The summed E-state index contributed by atoms with van der Waals surface area (Å²) >= 11 is 1.40. The minimum atomic E-state index is -3.41. The molecule has 106 valence electrons. The molecule has 0 radical (unpaired) electrons. The SMILES string of the molecule is NCc1cc(S(=O)(=O)N2CCc3ccccc3C2)cs1. The summed E-state index contributed by atoms with van der Waals surface area (Å²) in [6.07, 6.45) is 0.767. The zero-order valence-corrected chi connectivity index (χ0v) is 12.6. The van der Waals surface area contributed by atoms with Gasteiger partial charge in [0.2, 0.25) is 10.0 Å². The van der Waals surface area contributed by atoms with Gasteiger partial charge >= 0.3 is 0 Å². The summed E-state index contributed by atoms with van der Waals surface area (Å²) < 4.78 is 26.8. The van der Waals surface area contributed by atoms with Crippen LogP contribution in [0.3, 0.4) is 0 Å². The summed E-state index contributed by atoms with van der Waals surface area (Å²) in [4.78, 5) is 1.25. The predicted octanol–water partition coefficient (Wildman–Crippen LogP) is 1.95. The Morgan fingerprint density at radius 1 is 1.25 bits per heavy atom. The molecule has 4 nitrogen and oxygen atoms in total. The van der Waals surface area contributed by atoms with Crippen LogP contribution in [0.2, 0.25) is 0 Å². The highest BCUT2D eigenvalue weighted by atomic mass is 32.2. The molecular weight excluding hydrogens is 292 g/mol. The van der Waals surface area contributed by atoms with Gasteiger partial charge in [-0.25, -0.2) is 8.42 Å². The highest BCUT2D eigenvalue weighted by molar-refractivity contribution is 7.89. The summed E-state index contributed by atoms with van der Waals surface area (Å²) in [6, 6.07) is 9.69. The maximum Gasteiger partial charge on any atom is 0.244 e. The standard InChI is InChI=1S/C14H16N2O2S2/c15-8-13-7-14(10-19-13)20(17,18)16-6-5-11-3-1-2-4-12(11)9-16/h1-4,7,10H,5-6,8-9,15H2. The average Bonchev–Trinajstić information content (AvgIpc) is 2.96. The van der Waals surface area contributed by atoms with Crippen molar-refractivity contribution in [3.8, 4) is 0 Å². The van der Waals surface area contributed by atoms with E-state index in [0.717, 1.165) is 16.9 Å². The average molecular weight is 308 g/mol. The van der Waals surface area contributed by atoms with Gasteiger partial charge in [0.05, 0.1) is 4.90 Å². The quantitative estimate of drug-likeness (QED) is 0.942. The molecule has 0 aliphatic carbocycles. The molecule has 20 heavy (non-hydrogen) atoms. The second kappa shape index (κ2) is 5.29. The van der Waals surface area contributed by atoms with Crippen LogP contribution in [-0.4, -0.2) is 19.3 Å². The van der Waals surface area contributed by atoms with Crippen LogP contribution >= 0.6 is 11.3 Å². The molecule has 2 N–H and O–H groups in total. The highest BCUT2D eigenvalue weighted by Gasteiger charge is 2.28. The molecule has 3 rings (SSSR count). The molecule has 0 bridgehead atoms. The summed E-state index contributed by atoms with van der Waals surface area (Å²) in [6.45, 7) is 1.36. The zero-order chi connectivity index (χ0) is 14.2. The van der Waals surface area contributed by atoms with E-state index in [1.165, 1.54) is 16.9 Å². The Kier molecular flexibility index (Phi) is 3.64. The molecule has 2 aromatic rings. The van der Waals surface area contributed by atoms with E-state index in [4.69, 9.17) is 5.73 Å². The number of hydrogen-bond acceptors (Lipinski definition) is 4. The lowest BCUT2D eigenvalue weighted by atomic mass is 10.0. The van der Waals surface area contributed by atoms with Gasteiger partial charge in [0.1, 0.15) is 0 Å². The van der Waals surface area contributed by atoms with Gasteiger partial charge in [0, 0.05) is 29.9 Å². The van der Waals surface area contributed by atoms with E-state index in [0.29, 0.717) is 24.5 Å². The van der Waals surface area contributed by atoms with Gasteiger partial charge in [-0.3, -0.25) is 0 Å². The van der Waals surface area contributed by atoms with Crippen molar-refractivity contribution in [2.45, 2.75) is 24.4 Å². The van der Waals surface area contributed by atoms with Crippen LogP contribution in [-0.2, 0) is 29.5 Å². The zero-order valence-electron chi connectivity index (χ0n) is 11.0. The van der Waals surface area contributed by atoms with Gasteiger partial charge in [-0.15, -0.1) is 11.3 Å². The van der Waals surface area contributed by atoms with Crippen LogP contribution < -0.4 is 5.73 Å². The molecule has 0 saturated heterocycles. The molecule has 1 aromatic heterocycles. The van der Waals surface area contributed by atoms with E-state index in [1.807, 2.05) is 18.2 Å². The Hall–Kier alpha value is -1.21. The Bertz CT molecular complexity index is 722. The lowest BCUT2D eigenvalue weighted by Gasteiger charge is -2.27. The minimum absolute atomic E-state index is 0.363. The topological polar surface area (TPSA) is 63.4 Å². The first-order chi connectivity index (χ1) is 9.61. The van der Waals surface area contributed by atoms with Crippen molar-refractivity contribution in [2.24, 2.45) is 5.73 Å². The third-order valence-electron chi connectivity index (χ3n) is 3.56. The first-order valence-corrected chi connectivity index (χ1v) is 8.77. The number of nitrogens with two attached hydrogens (primary N) is 1. The molecule has 0 saturated carbocycles. The molecule has 1 aromatic carbocycles. The van der Waals surface area contributed by atoms with Crippen LogP contribution in [0.25, 0.3) is 0 Å². The summed E-state index contributed by atoms with van der Waals surface area (Å²) in [5, 5.41) is 1.68. The molecule has 6 heteroatoms. The maximum atomic E-state index is 12.6. The second-order valence-electron chi connectivity index (χ2n) is 4.81. The third-order valence-corrected chi connectivity index (χ3v) is 6.50. The van der Waals surface area contributed by atoms with Crippen molar-refractivity contribution >= 4 is 21.4 Å². The van der Waals surface area contributed by atoms with Crippen LogP contribution in [0, 0.1) is 0 Å². The smallest absolute Gasteiger partial charge is 0.244 e. The van der Waals surface area contributed by atoms with Crippen molar-refractivity contribution < 1.29 is 8.42 Å². The fraction of sp³-hybridized carbons (Fsp3) is 0.286. The van der Waals surface area contributed by atoms with Crippen LogP contribution in [0.15, 0.2) is 40.6 Å². The number of nitrogens with zero attached hydrogens (tertiary/aromatic N) is 1. The van der Waals surface area contributed by atoms with Crippen molar-refractivity contribution in [3.05, 3.63) is 51.7 Å². The van der Waals surface area contributed by atoms with Gasteiger partial charge in [-0.2, -0.15) is 4.31 Å². The molecule has 0 fully saturated rings. The van der Waals surface area contributed by atoms with E-state index in [-0.39, 0.29) is 0 Å². The number of fused-ring (bicyclic) bond motifs is 1. The Morgan fingerprint density at radius 2 is 2.00 bits per heavy atom. The molecule has 1 aliphatic rings. The fourth-order valence-corrected chi connectivity index (χ4v) is 4.99. The van der Waals surface area contributed by atoms with Crippen molar-refractivity contribution in [1.82, 2.24) is 4.31 Å². The number of thiophene rings is 1. The second-order valence-corrected chi connectivity index (χ2v) is 7.74. The number of sulfonamides is 1. The lowest BCUT2D eigenvalue weighted by molar-refractivity contribution is 0.391. The fourth-order valence-electron chi connectivity index (χ4n) is 2.43. The Morgan fingerprint density at radius 3 is 2.70 bits per heavy atom. The molecule has 1 aliphatic heterocycles. The van der Waals surface area contributed by atoms with Gasteiger partial charge < -0.3 is 5.73 Å². The number of rotatable bonds is 3. The summed E-state index contributed by atoms with van der Waals surface area (Å²) in [5.74, 6) is 0. The minimum Gasteiger partial charge on any atom is -0.326 e. The molecule has 0 unspecified atom stereocenters. The highest BCUT2D eigenvalue weighted by Crippen LogP contribution is 2.27. The van der Waals surface area contributed by atoms with E-state index >= 15 is 0 Å². The maximum absolute atomic E-state index is 12.6. The van der Waals surface area contributed by atoms with E-state index in [2.05, 4.69) is 6.07 Å². The van der Waals surface area contributed by atoms with Crippen LogP contribution in [0.1, 0.15) is 16.0 Å². The summed E-state index contributed by atoms with van der Waals surface area (Å²) in [7, 11) is -3.41. The lowest BCUT2D eigenvalue weighted by Crippen LogP contribution is -2.35. The van der Waals surface area contributed by atoms with Gasteiger partial charge in [-0.1, -0.05) is 24.3 Å². The first kappa shape index (κ1) is 13.8. The Labute approximate surface area is 122 Å². The van der Waals surface area contributed by atoms with Crippen molar-refractivity contribution in [3.63, 3.8) is 0 Å². The molecule has 2 heterocycles. The van der Waals surface area contributed by atoms with Crippen molar-refractivity contribution in [2.75, 3.05) is 6.54 Å².